The van der Waals surface area contributed by atoms with Crippen LogP contribution in [0.5, 0.6) is 0 Å². The van der Waals surface area contributed by atoms with E-state index in [0.717, 1.165) is 41.7 Å². The zero-order valence-electron chi connectivity index (χ0n) is 14.4. The molecule has 0 radical (unpaired) electrons. The van der Waals surface area contributed by atoms with Crippen LogP contribution < -0.4 is 5.32 Å². The number of aromatic nitrogens is 3. The van der Waals surface area contributed by atoms with Gasteiger partial charge in [0.2, 0.25) is 0 Å². The van der Waals surface area contributed by atoms with Gasteiger partial charge in [-0.1, -0.05) is 37.3 Å². The Hall–Kier alpha value is -2.36. The third kappa shape index (κ3) is 3.14. The second-order valence-electron chi connectivity index (χ2n) is 6.98. The Morgan fingerprint density at radius 3 is 2.71 bits per heavy atom. The maximum Gasteiger partial charge on any atom is 0.154 e. The van der Waals surface area contributed by atoms with Crippen molar-refractivity contribution in [2.75, 3.05) is 11.9 Å². The van der Waals surface area contributed by atoms with Crippen LogP contribution in [0, 0.1) is 18.8 Å². The van der Waals surface area contributed by atoms with E-state index in [1.54, 1.807) is 0 Å². The Labute approximate surface area is 142 Å². The molecule has 1 aliphatic rings. The summed E-state index contributed by atoms with van der Waals surface area (Å²) in [6.45, 7) is 6.11. The highest BCUT2D eigenvalue weighted by Gasteiger charge is 2.27. The normalized spacial score (nSPS) is 15.6. The molecule has 4 nitrogen and oxygen atoms in total. The second-order valence-corrected chi connectivity index (χ2v) is 6.98. The number of aryl methyl sites for hydroxylation is 1. The fraction of sp³-hybridized carbons (Fsp3) is 0.400. The zero-order chi connectivity index (χ0) is 16.5. The molecular formula is C20H24N4. The molecule has 4 heteroatoms. The van der Waals surface area contributed by atoms with Crippen molar-refractivity contribution in [1.29, 1.82) is 0 Å². The van der Waals surface area contributed by atoms with Crippen LogP contribution in [0.15, 0.2) is 42.6 Å². The van der Waals surface area contributed by atoms with Gasteiger partial charge in [0.25, 0.3) is 0 Å². The second kappa shape index (κ2) is 6.27. The first-order chi connectivity index (χ1) is 11.7. The number of benzene rings is 1. The van der Waals surface area contributed by atoms with E-state index < -0.39 is 0 Å². The fourth-order valence-corrected chi connectivity index (χ4v) is 3.35. The highest BCUT2D eigenvalue weighted by molar-refractivity contribution is 5.86. The average molecular weight is 320 g/mol. The van der Waals surface area contributed by atoms with E-state index in [1.165, 1.54) is 18.4 Å². The van der Waals surface area contributed by atoms with Gasteiger partial charge < -0.3 is 9.88 Å². The topological polar surface area (TPSA) is 42.7 Å². The summed E-state index contributed by atoms with van der Waals surface area (Å²) in [6, 6.07) is 12.6. The monoisotopic (exact) mass is 320 g/mol. The number of hydrogen-bond acceptors (Lipinski definition) is 3. The first-order valence-electron chi connectivity index (χ1n) is 8.82. The smallest absolute Gasteiger partial charge is 0.154 e. The molecule has 1 fully saturated rings. The summed E-state index contributed by atoms with van der Waals surface area (Å²) in [5.41, 5.74) is 3.40. The van der Waals surface area contributed by atoms with Crippen molar-refractivity contribution in [3.05, 3.63) is 54.0 Å². The first kappa shape index (κ1) is 15.2. The maximum atomic E-state index is 4.68. The average Bonchev–Trinajstić information content (AvgIpc) is 3.36. The Bertz CT molecular complexity index is 833. The summed E-state index contributed by atoms with van der Waals surface area (Å²) in [5.74, 6) is 3.38. The number of fused-ring (bicyclic) bond motifs is 1. The lowest BCUT2D eigenvalue weighted by Gasteiger charge is -2.15. The van der Waals surface area contributed by atoms with Crippen molar-refractivity contribution in [3.8, 4) is 0 Å². The lowest BCUT2D eigenvalue weighted by molar-refractivity contribution is 0.536. The van der Waals surface area contributed by atoms with Gasteiger partial charge >= 0.3 is 0 Å². The van der Waals surface area contributed by atoms with E-state index in [4.69, 9.17) is 0 Å². The van der Waals surface area contributed by atoms with Crippen LogP contribution in [-0.2, 0) is 6.54 Å². The molecule has 1 aromatic carbocycles. The van der Waals surface area contributed by atoms with Gasteiger partial charge in [-0.15, -0.1) is 0 Å². The summed E-state index contributed by atoms with van der Waals surface area (Å²) in [5, 5.41) is 3.59. The molecule has 0 aliphatic heterocycles. The largest absolute Gasteiger partial charge is 0.368 e. The highest BCUT2D eigenvalue weighted by atomic mass is 15.1. The lowest BCUT2D eigenvalue weighted by Crippen LogP contribution is -2.15. The van der Waals surface area contributed by atoms with Crippen LogP contribution in [0.1, 0.15) is 31.2 Å². The zero-order valence-corrected chi connectivity index (χ0v) is 14.4. The quantitative estimate of drug-likeness (QED) is 0.738. The van der Waals surface area contributed by atoms with Gasteiger partial charge in [-0.05, 0) is 43.2 Å². The van der Waals surface area contributed by atoms with Gasteiger partial charge in [0.05, 0.1) is 5.52 Å². The number of rotatable bonds is 6. The van der Waals surface area contributed by atoms with E-state index in [1.807, 2.05) is 6.92 Å². The van der Waals surface area contributed by atoms with Crippen LogP contribution in [0.4, 0.5) is 5.82 Å². The van der Waals surface area contributed by atoms with Crippen LogP contribution in [0.25, 0.3) is 11.0 Å². The van der Waals surface area contributed by atoms with E-state index >= 15 is 0 Å². The number of nitrogens with zero attached hydrogens (tertiary/aromatic N) is 3. The van der Waals surface area contributed by atoms with E-state index in [9.17, 15) is 0 Å². The molecule has 4 rings (SSSR count). The Kier molecular flexibility index (Phi) is 3.97. The minimum atomic E-state index is 0.702. The molecule has 0 saturated heterocycles. The molecule has 1 N–H and O–H groups in total. The molecule has 1 saturated carbocycles. The molecule has 0 bridgehead atoms. The van der Waals surface area contributed by atoms with E-state index in [2.05, 4.69) is 69.4 Å². The Morgan fingerprint density at radius 1 is 1.17 bits per heavy atom. The minimum Gasteiger partial charge on any atom is -0.368 e. The Morgan fingerprint density at radius 2 is 1.96 bits per heavy atom. The number of hydrogen-bond donors (Lipinski definition) is 1. The third-order valence-corrected chi connectivity index (χ3v) is 4.94. The molecule has 0 spiro atoms. The predicted molar refractivity (Wildman–Crippen MR) is 98.2 cm³/mol. The molecule has 24 heavy (non-hydrogen) atoms. The van der Waals surface area contributed by atoms with Crippen molar-refractivity contribution in [1.82, 2.24) is 14.5 Å². The SMILES string of the molecule is Cc1nc(NCC(C)C2CC2)c2c(ccn2Cc2ccccc2)n1. The molecule has 2 aromatic heterocycles. The Balaban J connectivity index is 1.64. The first-order valence-corrected chi connectivity index (χ1v) is 8.82. The van der Waals surface area contributed by atoms with Gasteiger partial charge in [0.15, 0.2) is 5.82 Å². The van der Waals surface area contributed by atoms with Crippen molar-refractivity contribution >= 4 is 16.9 Å². The number of anilines is 1. The highest BCUT2D eigenvalue weighted by Crippen LogP contribution is 2.36. The molecule has 2 heterocycles. The molecule has 3 aromatic rings. The van der Waals surface area contributed by atoms with Crippen LogP contribution in [0.2, 0.25) is 0 Å². The summed E-state index contributed by atoms with van der Waals surface area (Å²) < 4.78 is 2.24. The van der Waals surface area contributed by atoms with Crippen LogP contribution in [-0.4, -0.2) is 21.1 Å². The number of nitrogens with one attached hydrogen (secondary N) is 1. The predicted octanol–water partition coefficient (Wildman–Crippen LogP) is 4.25. The fourth-order valence-electron chi connectivity index (χ4n) is 3.35. The molecule has 1 atom stereocenters. The minimum absolute atomic E-state index is 0.702. The van der Waals surface area contributed by atoms with Crippen molar-refractivity contribution in [2.24, 2.45) is 11.8 Å². The van der Waals surface area contributed by atoms with Gasteiger partial charge in [0.1, 0.15) is 11.3 Å². The van der Waals surface area contributed by atoms with Crippen molar-refractivity contribution in [3.63, 3.8) is 0 Å². The van der Waals surface area contributed by atoms with Gasteiger partial charge in [-0.25, -0.2) is 9.97 Å². The molecule has 124 valence electrons. The van der Waals surface area contributed by atoms with Crippen molar-refractivity contribution < 1.29 is 0 Å². The van der Waals surface area contributed by atoms with Crippen LogP contribution >= 0.6 is 0 Å². The molecular weight excluding hydrogens is 296 g/mol. The summed E-state index contributed by atoms with van der Waals surface area (Å²) in [7, 11) is 0. The summed E-state index contributed by atoms with van der Waals surface area (Å²) in [6.07, 6.45) is 4.87. The summed E-state index contributed by atoms with van der Waals surface area (Å²) in [4.78, 5) is 9.29. The molecule has 1 unspecified atom stereocenters. The lowest BCUT2D eigenvalue weighted by atomic mass is 10.1. The van der Waals surface area contributed by atoms with E-state index in [0.29, 0.717) is 5.92 Å². The third-order valence-electron chi connectivity index (χ3n) is 4.94. The van der Waals surface area contributed by atoms with Gasteiger partial charge in [-0.3, -0.25) is 0 Å². The summed E-state index contributed by atoms with van der Waals surface area (Å²) >= 11 is 0. The van der Waals surface area contributed by atoms with Crippen LogP contribution in [0.3, 0.4) is 0 Å². The maximum absolute atomic E-state index is 4.68. The standard InChI is InChI=1S/C20H24N4/c1-14(17-8-9-17)12-21-20-19-18(22-15(2)23-20)10-11-24(19)13-16-6-4-3-5-7-16/h3-7,10-11,14,17H,8-9,12-13H2,1-2H3,(H,21,22,23). The molecule has 0 amide bonds. The van der Waals surface area contributed by atoms with Crippen molar-refractivity contribution in [2.45, 2.75) is 33.2 Å². The van der Waals surface area contributed by atoms with E-state index in [-0.39, 0.29) is 0 Å². The molecule has 1 aliphatic carbocycles. The van der Waals surface area contributed by atoms with Gasteiger partial charge in [-0.2, -0.15) is 0 Å². The van der Waals surface area contributed by atoms with Gasteiger partial charge in [0, 0.05) is 19.3 Å².